The first-order valence-electron chi connectivity index (χ1n) is 1.84. The summed E-state index contributed by atoms with van der Waals surface area (Å²) in [6.07, 6.45) is 0.894. The molecule has 0 N–H and O–H groups in total. The first-order chi connectivity index (χ1) is 2.91. The molecular formula is C4H8ClO. The van der Waals surface area contributed by atoms with E-state index in [-0.39, 0.29) is 0 Å². The molecule has 0 saturated heterocycles. The SMILES string of the molecule is [CH2]OCCCCl. The van der Waals surface area contributed by atoms with Crippen LogP contribution in [0.3, 0.4) is 0 Å². The van der Waals surface area contributed by atoms with Crippen LogP contribution < -0.4 is 0 Å². The number of rotatable bonds is 3. The van der Waals surface area contributed by atoms with Crippen molar-refractivity contribution in [1.29, 1.82) is 0 Å². The minimum Gasteiger partial charge on any atom is -0.379 e. The summed E-state index contributed by atoms with van der Waals surface area (Å²) >= 11 is 5.27. The van der Waals surface area contributed by atoms with Gasteiger partial charge in [-0.15, -0.1) is 11.6 Å². The van der Waals surface area contributed by atoms with E-state index in [4.69, 9.17) is 11.6 Å². The van der Waals surface area contributed by atoms with E-state index in [1.165, 1.54) is 0 Å². The molecule has 37 valence electrons. The molecule has 0 aliphatic rings. The quantitative estimate of drug-likeness (QED) is 0.392. The molecular weight excluding hydrogens is 99.5 g/mol. The summed E-state index contributed by atoms with van der Waals surface area (Å²) in [7, 11) is 3.16. The molecule has 1 nitrogen and oxygen atoms in total. The van der Waals surface area contributed by atoms with Gasteiger partial charge in [-0.25, -0.2) is 0 Å². The fourth-order valence-electron chi connectivity index (χ4n) is 0.157. The van der Waals surface area contributed by atoms with Gasteiger partial charge in [0.25, 0.3) is 0 Å². The third kappa shape index (κ3) is 4.25. The Morgan fingerprint density at radius 2 is 2.33 bits per heavy atom. The summed E-state index contributed by atoms with van der Waals surface area (Å²) in [4.78, 5) is 0. The molecule has 0 heterocycles. The summed E-state index contributed by atoms with van der Waals surface area (Å²) in [5.74, 6) is 0.662. The molecule has 0 unspecified atom stereocenters. The van der Waals surface area contributed by atoms with Gasteiger partial charge in [-0.3, -0.25) is 0 Å². The van der Waals surface area contributed by atoms with Gasteiger partial charge in [0.2, 0.25) is 0 Å². The van der Waals surface area contributed by atoms with E-state index in [2.05, 4.69) is 11.8 Å². The summed E-state index contributed by atoms with van der Waals surface area (Å²) in [6.45, 7) is 0.670. The molecule has 0 saturated carbocycles. The number of hydrogen-bond acceptors (Lipinski definition) is 1. The van der Waals surface area contributed by atoms with Gasteiger partial charge in [-0.1, -0.05) is 0 Å². The van der Waals surface area contributed by atoms with Crippen molar-refractivity contribution in [2.75, 3.05) is 12.5 Å². The average Bonchev–Trinajstić information content (AvgIpc) is 1.61. The molecule has 0 bridgehead atoms. The second-order valence-electron chi connectivity index (χ2n) is 0.951. The third-order valence-corrected chi connectivity index (χ3v) is 0.690. The first-order valence-corrected chi connectivity index (χ1v) is 2.38. The maximum atomic E-state index is 5.27. The molecule has 2 heteroatoms. The van der Waals surface area contributed by atoms with E-state index in [0.29, 0.717) is 12.5 Å². The van der Waals surface area contributed by atoms with E-state index in [9.17, 15) is 0 Å². The average molecular weight is 108 g/mol. The topological polar surface area (TPSA) is 9.23 Å². The predicted molar refractivity (Wildman–Crippen MR) is 26.6 cm³/mol. The zero-order valence-electron chi connectivity index (χ0n) is 3.61. The molecule has 0 spiro atoms. The zero-order valence-corrected chi connectivity index (χ0v) is 4.37. The van der Waals surface area contributed by atoms with Crippen LogP contribution in [-0.4, -0.2) is 12.5 Å². The van der Waals surface area contributed by atoms with E-state index in [1.54, 1.807) is 0 Å². The van der Waals surface area contributed by atoms with Gasteiger partial charge in [0.1, 0.15) is 0 Å². The van der Waals surface area contributed by atoms with Gasteiger partial charge in [0, 0.05) is 12.5 Å². The highest BCUT2D eigenvalue weighted by Crippen LogP contribution is 1.82. The lowest BCUT2D eigenvalue weighted by molar-refractivity contribution is 0.243. The number of ether oxygens (including phenoxy) is 1. The Labute approximate surface area is 43.3 Å². The van der Waals surface area contributed by atoms with Crippen LogP contribution in [-0.2, 0) is 4.74 Å². The molecule has 0 aliphatic carbocycles. The number of hydrogen-bond donors (Lipinski definition) is 0. The predicted octanol–water partition coefficient (Wildman–Crippen LogP) is 1.42. The fraction of sp³-hybridized carbons (Fsp3) is 0.750. The van der Waals surface area contributed by atoms with E-state index < -0.39 is 0 Å². The van der Waals surface area contributed by atoms with Gasteiger partial charge < -0.3 is 4.74 Å². The minimum absolute atomic E-state index is 0.662. The molecule has 6 heavy (non-hydrogen) atoms. The third-order valence-electron chi connectivity index (χ3n) is 0.422. The Hall–Kier alpha value is 0.250. The van der Waals surface area contributed by atoms with Crippen molar-refractivity contribution in [3.05, 3.63) is 7.11 Å². The smallest absolute Gasteiger partial charge is 0.0700 e. The van der Waals surface area contributed by atoms with Crippen LogP contribution in [0.2, 0.25) is 0 Å². The van der Waals surface area contributed by atoms with Crippen molar-refractivity contribution in [1.82, 2.24) is 0 Å². The molecule has 0 fully saturated rings. The second-order valence-corrected chi connectivity index (χ2v) is 1.33. The molecule has 0 aliphatic heterocycles. The van der Waals surface area contributed by atoms with Gasteiger partial charge in [0.05, 0.1) is 7.11 Å². The highest BCUT2D eigenvalue weighted by molar-refractivity contribution is 6.17. The maximum absolute atomic E-state index is 5.27. The molecule has 0 aromatic heterocycles. The summed E-state index contributed by atoms with van der Waals surface area (Å²) in [5.41, 5.74) is 0. The summed E-state index contributed by atoms with van der Waals surface area (Å²) in [5, 5.41) is 0. The Balaban J connectivity index is 2.34. The largest absolute Gasteiger partial charge is 0.379 e. The molecule has 0 rings (SSSR count). The van der Waals surface area contributed by atoms with Crippen molar-refractivity contribution < 1.29 is 4.74 Å². The zero-order chi connectivity index (χ0) is 4.83. The highest BCUT2D eigenvalue weighted by Gasteiger charge is 1.76. The van der Waals surface area contributed by atoms with Crippen molar-refractivity contribution in [2.45, 2.75) is 6.42 Å². The van der Waals surface area contributed by atoms with Crippen molar-refractivity contribution in [2.24, 2.45) is 0 Å². The molecule has 0 amide bonds. The van der Waals surface area contributed by atoms with Crippen LogP contribution in [0.5, 0.6) is 0 Å². The lowest BCUT2D eigenvalue weighted by atomic mass is 10.5. The van der Waals surface area contributed by atoms with Gasteiger partial charge in [-0.05, 0) is 6.42 Å². The normalized spacial score (nSPS) is 9.00. The van der Waals surface area contributed by atoms with Crippen LogP contribution in [0.25, 0.3) is 0 Å². The van der Waals surface area contributed by atoms with E-state index in [0.717, 1.165) is 6.42 Å². The Morgan fingerprint density at radius 1 is 1.67 bits per heavy atom. The standard InChI is InChI=1S/C4H8ClO/c1-6-4-2-3-5/h1-4H2. The van der Waals surface area contributed by atoms with Crippen LogP contribution in [0.1, 0.15) is 6.42 Å². The number of halogens is 1. The lowest BCUT2D eigenvalue weighted by Crippen LogP contribution is -1.84. The van der Waals surface area contributed by atoms with Crippen molar-refractivity contribution in [3.8, 4) is 0 Å². The fourth-order valence-corrected chi connectivity index (χ4v) is 0.266. The Morgan fingerprint density at radius 3 is 2.50 bits per heavy atom. The molecule has 1 radical (unpaired) electrons. The molecule has 0 atom stereocenters. The first kappa shape index (κ1) is 6.25. The van der Waals surface area contributed by atoms with Crippen LogP contribution >= 0.6 is 11.6 Å². The lowest BCUT2D eigenvalue weighted by Gasteiger charge is -1.87. The van der Waals surface area contributed by atoms with Crippen molar-refractivity contribution >= 4 is 11.6 Å². The number of alkyl halides is 1. The van der Waals surface area contributed by atoms with Gasteiger partial charge in [-0.2, -0.15) is 0 Å². The maximum Gasteiger partial charge on any atom is 0.0700 e. The van der Waals surface area contributed by atoms with Crippen LogP contribution in [0.15, 0.2) is 0 Å². The van der Waals surface area contributed by atoms with E-state index >= 15 is 0 Å². The van der Waals surface area contributed by atoms with E-state index in [1.807, 2.05) is 0 Å². The van der Waals surface area contributed by atoms with Gasteiger partial charge in [0.15, 0.2) is 0 Å². The van der Waals surface area contributed by atoms with Crippen LogP contribution in [0, 0.1) is 7.11 Å². The molecule has 0 aromatic carbocycles. The Kier molecular flexibility index (Phi) is 5.47. The summed E-state index contributed by atoms with van der Waals surface area (Å²) in [6, 6.07) is 0. The second kappa shape index (κ2) is 5.25. The van der Waals surface area contributed by atoms with Gasteiger partial charge >= 0.3 is 0 Å². The monoisotopic (exact) mass is 107 g/mol. The Bertz CT molecular complexity index is 19.5. The minimum atomic E-state index is 0.662. The summed E-state index contributed by atoms with van der Waals surface area (Å²) < 4.78 is 4.45. The van der Waals surface area contributed by atoms with Crippen molar-refractivity contribution in [3.63, 3.8) is 0 Å². The highest BCUT2D eigenvalue weighted by atomic mass is 35.5. The van der Waals surface area contributed by atoms with Crippen LogP contribution in [0.4, 0.5) is 0 Å². The molecule has 0 aromatic rings.